The number of para-hydroxylation sites is 2. The molecule has 0 unspecified atom stereocenters. The first-order valence-electron chi connectivity index (χ1n) is 13.9. The Hall–Kier alpha value is -5.88. The number of allylic oxidation sites excluding steroid dienone is 1. The zero-order chi connectivity index (χ0) is 29.8. The van der Waals surface area contributed by atoms with Gasteiger partial charge in [-0.2, -0.15) is 0 Å². The number of benzene rings is 3. The number of aromatic nitrogens is 5. The van der Waals surface area contributed by atoms with E-state index in [-0.39, 0.29) is 0 Å². The minimum atomic E-state index is 0.687. The van der Waals surface area contributed by atoms with Crippen molar-refractivity contribution in [2.75, 3.05) is 4.90 Å². The van der Waals surface area contributed by atoms with Crippen LogP contribution in [0.2, 0.25) is 0 Å². The van der Waals surface area contributed by atoms with E-state index in [0.29, 0.717) is 11.5 Å². The molecule has 0 bridgehead atoms. The summed E-state index contributed by atoms with van der Waals surface area (Å²) in [5.41, 5.74) is 9.74. The Bertz CT molecular complexity index is 1850. The molecule has 0 saturated carbocycles. The number of hydrogen-bond acceptors (Lipinski definition) is 5. The molecule has 0 N–H and O–H groups in total. The average molecular weight is 559 g/mol. The minimum Gasteiger partial charge on any atom is -0.311 e. The van der Waals surface area contributed by atoms with Crippen LogP contribution in [0.4, 0.5) is 17.1 Å². The van der Waals surface area contributed by atoms with Crippen LogP contribution in [0.25, 0.3) is 51.9 Å². The largest absolute Gasteiger partial charge is 0.311 e. The predicted octanol–water partition coefficient (Wildman–Crippen LogP) is 9.32. The maximum atomic E-state index is 4.72. The molecule has 0 radical (unpaired) electrons. The summed E-state index contributed by atoms with van der Waals surface area (Å²) in [6.45, 7) is 13.8. The van der Waals surface area contributed by atoms with E-state index in [1.54, 1.807) is 30.7 Å². The lowest BCUT2D eigenvalue weighted by molar-refractivity contribution is 1.06. The van der Waals surface area contributed by atoms with Gasteiger partial charge in [-0.05, 0) is 67.6 Å². The van der Waals surface area contributed by atoms with E-state index in [1.165, 1.54) is 0 Å². The summed E-state index contributed by atoms with van der Waals surface area (Å²) < 4.78 is 1.94. The van der Waals surface area contributed by atoms with E-state index in [2.05, 4.69) is 78.2 Å². The lowest BCUT2D eigenvalue weighted by atomic mass is 10.1. The third kappa shape index (κ3) is 5.42. The van der Waals surface area contributed by atoms with Crippen molar-refractivity contribution in [2.45, 2.75) is 6.92 Å². The van der Waals surface area contributed by atoms with Gasteiger partial charge in [-0.3, -0.25) is 19.5 Å². The topological polar surface area (TPSA) is 59.7 Å². The third-order valence-electron chi connectivity index (χ3n) is 7.10. The summed E-state index contributed by atoms with van der Waals surface area (Å²) in [7, 11) is 0. The molecule has 0 aliphatic heterocycles. The summed E-state index contributed by atoms with van der Waals surface area (Å²) in [5, 5.41) is 0. The van der Waals surface area contributed by atoms with Crippen LogP contribution in [-0.4, -0.2) is 24.5 Å². The molecule has 3 aromatic heterocycles. The molecule has 0 spiro atoms. The highest BCUT2D eigenvalue weighted by Crippen LogP contribution is 2.35. The number of hydrogen-bond donors (Lipinski definition) is 0. The van der Waals surface area contributed by atoms with Crippen LogP contribution < -0.4 is 4.90 Å². The number of rotatable bonds is 9. The monoisotopic (exact) mass is 558 g/mol. The fraction of sp³-hybridized carbons (Fsp3) is 0.0270. The average Bonchev–Trinajstić information content (AvgIpc) is 3.46. The van der Waals surface area contributed by atoms with Crippen molar-refractivity contribution in [3.05, 3.63) is 147 Å². The van der Waals surface area contributed by atoms with Gasteiger partial charge in [0.2, 0.25) is 0 Å². The Morgan fingerprint density at radius 3 is 1.65 bits per heavy atom. The van der Waals surface area contributed by atoms with Gasteiger partial charge in [-0.1, -0.05) is 68.3 Å². The van der Waals surface area contributed by atoms with Gasteiger partial charge in [0.1, 0.15) is 5.69 Å². The molecule has 0 amide bonds. The Balaban J connectivity index is 1.24. The highest BCUT2D eigenvalue weighted by atomic mass is 15.1. The Morgan fingerprint density at radius 2 is 1.16 bits per heavy atom. The smallest absolute Gasteiger partial charge is 0.164 e. The molecular formula is C37H30N6. The lowest BCUT2D eigenvalue weighted by Gasteiger charge is -2.25. The Labute approximate surface area is 251 Å². The standard InChI is InChI=1S/C37H30N6/c1-5-32-36(6-2)42(26(3)4)37(41-32)33-22-19-28(23-38-33)35-25-39-34(24-40-35)27-17-20-31(21-18-27)43(29-13-9-7-10-14-29)30-15-11-8-12-16-30/h5-25H,1-3H2,4H3. The first-order valence-corrected chi connectivity index (χ1v) is 13.9. The molecule has 0 fully saturated rings. The van der Waals surface area contributed by atoms with E-state index < -0.39 is 0 Å². The lowest BCUT2D eigenvalue weighted by Crippen LogP contribution is -2.09. The summed E-state index contributed by atoms with van der Waals surface area (Å²) in [6, 6.07) is 33.0. The van der Waals surface area contributed by atoms with Crippen molar-refractivity contribution >= 4 is 34.9 Å². The van der Waals surface area contributed by atoms with E-state index in [9.17, 15) is 0 Å². The van der Waals surface area contributed by atoms with Crippen LogP contribution >= 0.6 is 0 Å². The summed E-state index contributed by atoms with van der Waals surface area (Å²) in [6.07, 6.45) is 8.82. The summed E-state index contributed by atoms with van der Waals surface area (Å²) >= 11 is 0. The molecular weight excluding hydrogens is 528 g/mol. The molecule has 3 aromatic carbocycles. The van der Waals surface area contributed by atoms with Gasteiger partial charge in [0, 0.05) is 40.1 Å². The summed E-state index contributed by atoms with van der Waals surface area (Å²) in [4.78, 5) is 21.0. The molecule has 0 aliphatic carbocycles. The van der Waals surface area contributed by atoms with Gasteiger partial charge >= 0.3 is 0 Å². The second-order valence-electron chi connectivity index (χ2n) is 9.96. The highest BCUT2D eigenvalue weighted by molar-refractivity contribution is 5.78. The normalized spacial score (nSPS) is 10.7. The van der Waals surface area contributed by atoms with Crippen LogP contribution in [0.1, 0.15) is 18.3 Å². The number of anilines is 3. The van der Waals surface area contributed by atoms with Gasteiger partial charge in [0.25, 0.3) is 0 Å². The zero-order valence-corrected chi connectivity index (χ0v) is 23.9. The van der Waals surface area contributed by atoms with E-state index >= 15 is 0 Å². The van der Waals surface area contributed by atoms with Crippen LogP contribution in [-0.2, 0) is 0 Å². The second kappa shape index (κ2) is 11.9. The SMILES string of the molecule is C=Cc1nc(-c2ccc(-c3cnc(-c4ccc(N(c5ccccc5)c5ccccc5)cc4)cn3)cn2)n(C(=C)C)c1C=C. The molecule has 0 saturated heterocycles. The minimum absolute atomic E-state index is 0.687. The quantitative estimate of drug-likeness (QED) is 0.177. The van der Waals surface area contributed by atoms with Gasteiger partial charge in [0.05, 0.1) is 35.2 Å². The molecule has 3 heterocycles. The first-order chi connectivity index (χ1) is 21.1. The predicted molar refractivity (Wildman–Crippen MR) is 178 cm³/mol. The Morgan fingerprint density at radius 1 is 0.628 bits per heavy atom. The fourth-order valence-electron chi connectivity index (χ4n) is 5.04. The van der Waals surface area contributed by atoms with E-state index in [0.717, 1.165) is 56.7 Å². The zero-order valence-electron chi connectivity index (χ0n) is 23.9. The molecule has 43 heavy (non-hydrogen) atoms. The second-order valence-corrected chi connectivity index (χ2v) is 9.96. The number of imidazole rings is 1. The molecule has 0 atom stereocenters. The maximum Gasteiger partial charge on any atom is 0.164 e. The van der Waals surface area contributed by atoms with E-state index in [1.807, 2.05) is 60.0 Å². The van der Waals surface area contributed by atoms with Gasteiger partial charge in [0.15, 0.2) is 5.82 Å². The number of nitrogens with zero attached hydrogens (tertiary/aromatic N) is 6. The summed E-state index contributed by atoms with van der Waals surface area (Å²) in [5.74, 6) is 0.687. The molecule has 0 aliphatic rings. The molecule has 208 valence electrons. The van der Waals surface area contributed by atoms with Crippen LogP contribution in [0.5, 0.6) is 0 Å². The highest BCUT2D eigenvalue weighted by Gasteiger charge is 2.17. The molecule has 6 rings (SSSR count). The molecule has 6 heteroatoms. The van der Waals surface area contributed by atoms with Crippen LogP contribution in [0.3, 0.4) is 0 Å². The van der Waals surface area contributed by atoms with Gasteiger partial charge < -0.3 is 4.90 Å². The van der Waals surface area contributed by atoms with Gasteiger partial charge in [-0.15, -0.1) is 0 Å². The van der Waals surface area contributed by atoms with Crippen molar-refractivity contribution < 1.29 is 0 Å². The van der Waals surface area contributed by atoms with Crippen molar-refractivity contribution in [1.82, 2.24) is 24.5 Å². The van der Waals surface area contributed by atoms with Gasteiger partial charge in [-0.25, -0.2) is 4.98 Å². The maximum absolute atomic E-state index is 4.72. The Kier molecular flexibility index (Phi) is 7.57. The van der Waals surface area contributed by atoms with Crippen molar-refractivity contribution in [1.29, 1.82) is 0 Å². The van der Waals surface area contributed by atoms with E-state index in [4.69, 9.17) is 15.0 Å². The fourth-order valence-corrected chi connectivity index (χ4v) is 5.04. The van der Waals surface area contributed by atoms with Crippen LogP contribution in [0, 0.1) is 0 Å². The van der Waals surface area contributed by atoms with Crippen molar-refractivity contribution in [2.24, 2.45) is 0 Å². The first kappa shape index (κ1) is 27.3. The third-order valence-corrected chi connectivity index (χ3v) is 7.10. The molecule has 6 nitrogen and oxygen atoms in total. The van der Waals surface area contributed by atoms with Crippen LogP contribution in [0.15, 0.2) is 135 Å². The molecule has 6 aromatic rings. The van der Waals surface area contributed by atoms with Crippen molar-refractivity contribution in [3.63, 3.8) is 0 Å². The number of pyridine rings is 1. The van der Waals surface area contributed by atoms with Crippen molar-refractivity contribution in [3.8, 4) is 34.0 Å².